The highest BCUT2D eigenvalue weighted by Gasteiger charge is 2.27. The molecule has 0 N–H and O–H groups in total. The molecule has 0 fully saturated rings. The monoisotopic (exact) mass is 911 g/mol. The Kier molecular flexibility index (Phi) is 11.2. The van der Waals surface area contributed by atoms with Crippen LogP contribution in [-0.2, 0) is 32.5 Å². The zero-order chi connectivity index (χ0) is 50.1. The lowest BCUT2D eigenvalue weighted by molar-refractivity contribution is 0.568. The van der Waals surface area contributed by atoms with Crippen molar-refractivity contribution in [1.29, 1.82) is 0 Å². The van der Waals surface area contributed by atoms with E-state index in [0.29, 0.717) is 0 Å². The highest BCUT2D eigenvalue weighted by molar-refractivity contribution is 6.13. The molecule has 2 nitrogen and oxygen atoms in total. The molecule has 0 bridgehead atoms. The predicted octanol–water partition coefficient (Wildman–Crippen LogP) is 19.3. The van der Waals surface area contributed by atoms with Gasteiger partial charge in [0.25, 0.3) is 0 Å². The van der Waals surface area contributed by atoms with Crippen molar-refractivity contribution in [3.63, 3.8) is 0 Å². The molecule has 0 aliphatic carbocycles. The second-order valence-corrected chi connectivity index (χ2v) is 26.6. The Bertz CT molecular complexity index is 3250. The molecule has 9 rings (SSSR count). The van der Waals surface area contributed by atoms with E-state index >= 15 is 0 Å². The number of hydrogen-bond donors (Lipinski definition) is 0. The minimum absolute atomic E-state index is 0.0190. The average Bonchev–Trinajstić information content (AvgIpc) is 3.77. The number of nitrogens with zero attached hydrogens (tertiary/aromatic N) is 2. The van der Waals surface area contributed by atoms with Crippen molar-refractivity contribution < 1.29 is 0 Å². The van der Waals surface area contributed by atoms with Gasteiger partial charge in [0, 0.05) is 27.2 Å². The molecule has 0 amide bonds. The van der Waals surface area contributed by atoms with E-state index in [1.807, 2.05) is 0 Å². The molecule has 0 radical (unpaired) electrons. The van der Waals surface area contributed by atoms with Gasteiger partial charge in [-0.2, -0.15) is 0 Å². The molecule has 2 heterocycles. The molecule has 0 unspecified atom stereocenters. The summed E-state index contributed by atoms with van der Waals surface area (Å²) >= 11 is 0. The van der Waals surface area contributed by atoms with Gasteiger partial charge in [-0.15, -0.1) is 0 Å². The zero-order valence-corrected chi connectivity index (χ0v) is 45.5. The second kappa shape index (κ2) is 16.1. The molecule has 0 aliphatic rings. The third-order valence-electron chi connectivity index (χ3n) is 15.0. The molecule has 9 aromatic rings. The number of aryl methyl sites for hydroxylation is 1. The van der Waals surface area contributed by atoms with E-state index in [1.54, 1.807) is 0 Å². The molecule has 2 heteroatoms. The third-order valence-corrected chi connectivity index (χ3v) is 15.0. The van der Waals surface area contributed by atoms with Gasteiger partial charge in [-0.1, -0.05) is 197 Å². The number of benzene rings is 7. The van der Waals surface area contributed by atoms with Crippen LogP contribution in [-0.4, -0.2) is 9.13 Å². The van der Waals surface area contributed by atoms with Gasteiger partial charge < -0.3 is 9.13 Å². The summed E-state index contributed by atoms with van der Waals surface area (Å²) in [6.45, 7) is 44.4. The quantitative estimate of drug-likeness (QED) is 0.167. The number of aromatic nitrogens is 2. The van der Waals surface area contributed by atoms with Crippen LogP contribution in [0.4, 0.5) is 0 Å². The molecular weight excluding hydrogens is 833 g/mol. The molecule has 2 aromatic heterocycles. The molecule has 0 saturated heterocycles. The van der Waals surface area contributed by atoms with Crippen LogP contribution in [0.5, 0.6) is 0 Å². The van der Waals surface area contributed by atoms with Crippen LogP contribution in [0.25, 0.3) is 77.2 Å². The van der Waals surface area contributed by atoms with E-state index in [4.69, 9.17) is 0 Å². The van der Waals surface area contributed by atoms with Crippen LogP contribution in [0.2, 0.25) is 0 Å². The lowest BCUT2D eigenvalue weighted by Crippen LogP contribution is -2.16. The molecule has 0 aliphatic heterocycles. The standard InChI is InChI=1S/C67H78N2/c1-41-57(69-59-27-24-46(62(2,3)4)39-55(59)56-40-47(63(5,6)7)25-28-60(56)69)29-26-54-53-22-20-21-23-58(53)68(61(41)54)52-35-42(44-31-48(64(8,9)10)37-49(32-44)65(11,12)13)30-43(36-52)45-33-50(66(14,15)16)38-51(34-45)67(17,18)19/h20-40H,1-19H3. The maximum Gasteiger partial charge on any atom is 0.0591 e. The summed E-state index contributed by atoms with van der Waals surface area (Å²) in [6.07, 6.45) is 0. The maximum atomic E-state index is 2.58. The summed E-state index contributed by atoms with van der Waals surface area (Å²) in [5, 5.41) is 5.13. The van der Waals surface area contributed by atoms with Crippen LogP contribution >= 0.6 is 0 Å². The van der Waals surface area contributed by atoms with Gasteiger partial charge in [-0.3, -0.25) is 0 Å². The fourth-order valence-electron chi connectivity index (χ4n) is 10.3. The first-order valence-electron chi connectivity index (χ1n) is 25.5. The molecular formula is C67H78N2. The molecule has 0 spiro atoms. The fourth-order valence-corrected chi connectivity index (χ4v) is 10.3. The maximum absolute atomic E-state index is 2.58. The van der Waals surface area contributed by atoms with Gasteiger partial charge in [0.05, 0.1) is 27.8 Å². The topological polar surface area (TPSA) is 9.86 Å². The van der Waals surface area contributed by atoms with Crippen LogP contribution in [0.3, 0.4) is 0 Å². The largest absolute Gasteiger partial charge is 0.309 e. The molecule has 0 atom stereocenters. The van der Waals surface area contributed by atoms with E-state index in [1.165, 1.54) is 110 Å². The predicted molar refractivity (Wildman–Crippen MR) is 303 cm³/mol. The number of para-hydroxylation sites is 1. The second-order valence-electron chi connectivity index (χ2n) is 26.6. The van der Waals surface area contributed by atoms with Crippen LogP contribution in [0.15, 0.2) is 127 Å². The highest BCUT2D eigenvalue weighted by Crippen LogP contribution is 2.44. The van der Waals surface area contributed by atoms with Crippen LogP contribution < -0.4 is 0 Å². The summed E-state index contributed by atoms with van der Waals surface area (Å²) < 4.78 is 5.12. The zero-order valence-electron chi connectivity index (χ0n) is 45.5. The molecule has 0 saturated carbocycles. The van der Waals surface area contributed by atoms with Gasteiger partial charge >= 0.3 is 0 Å². The average molecular weight is 911 g/mol. The summed E-state index contributed by atoms with van der Waals surface area (Å²) in [5.74, 6) is 0. The first-order chi connectivity index (χ1) is 31.9. The van der Waals surface area contributed by atoms with Crippen molar-refractivity contribution in [3.05, 3.63) is 166 Å². The summed E-state index contributed by atoms with van der Waals surface area (Å²) in [4.78, 5) is 0. The summed E-state index contributed by atoms with van der Waals surface area (Å²) in [7, 11) is 0. The first kappa shape index (κ1) is 48.2. The number of hydrogen-bond acceptors (Lipinski definition) is 0. The van der Waals surface area contributed by atoms with Gasteiger partial charge in [-0.05, 0) is 155 Å². The van der Waals surface area contributed by atoms with Crippen LogP contribution in [0.1, 0.15) is 164 Å². The van der Waals surface area contributed by atoms with E-state index in [-0.39, 0.29) is 32.5 Å². The Hall–Kier alpha value is -5.86. The van der Waals surface area contributed by atoms with E-state index < -0.39 is 0 Å². The Morgan fingerprint density at radius 3 is 1.07 bits per heavy atom. The van der Waals surface area contributed by atoms with Crippen molar-refractivity contribution in [1.82, 2.24) is 9.13 Å². The Morgan fingerprint density at radius 2 is 0.667 bits per heavy atom. The van der Waals surface area contributed by atoms with Crippen molar-refractivity contribution >= 4 is 43.6 Å². The minimum atomic E-state index is -0.0190. The molecule has 7 aromatic carbocycles. The van der Waals surface area contributed by atoms with Gasteiger partial charge in [0.2, 0.25) is 0 Å². The number of rotatable bonds is 4. The van der Waals surface area contributed by atoms with E-state index in [2.05, 4.69) is 268 Å². The smallest absolute Gasteiger partial charge is 0.0591 e. The summed E-state index contributed by atoms with van der Waals surface area (Å²) in [6, 6.07) is 50.3. The highest BCUT2D eigenvalue weighted by atomic mass is 15.0. The summed E-state index contributed by atoms with van der Waals surface area (Å²) in [5.41, 5.74) is 21.6. The number of fused-ring (bicyclic) bond motifs is 6. The van der Waals surface area contributed by atoms with Gasteiger partial charge in [0.1, 0.15) is 0 Å². The fraction of sp³-hybridized carbons (Fsp3) is 0.373. The van der Waals surface area contributed by atoms with Crippen LogP contribution in [0, 0.1) is 6.92 Å². The van der Waals surface area contributed by atoms with Crippen molar-refractivity contribution in [2.24, 2.45) is 0 Å². The van der Waals surface area contributed by atoms with Crippen molar-refractivity contribution in [2.75, 3.05) is 0 Å². The van der Waals surface area contributed by atoms with Gasteiger partial charge in [0.15, 0.2) is 0 Å². The van der Waals surface area contributed by atoms with E-state index in [9.17, 15) is 0 Å². The molecule has 356 valence electrons. The SMILES string of the molecule is Cc1c(-n2c3ccc(C(C)(C)C)cc3c3cc(C(C)(C)C)ccc32)ccc2c3ccccc3n(-c3cc(-c4cc(C(C)(C)C)cc(C(C)(C)C)c4)cc(-c4cc(C(C)(C)C)cc(C(C)(C)C)c4)c3)c12. The van der Waals surface area contributed by atoms with Crippen molar-refractivity contribution in [2.45, 2.75) is 164 Å². The Morgan fingerprint density at radius 1 is 0.290 bits per heavy atom. The Balaban J connectivity index is 1.40. The minimum Gasteiger partial charge on any atom is -0.309 e. The first-order valence-corrected chi connectivity index (χ1v) is 25.5. The lowest BCUT2D eigenvalue weighted by atomic mass is 9.78. The Labute approximate surface area is 414 Å². The third kappa shape index (κ3) is 8.76. The van der Waals surface area contributed by atoms with Crippen molar-refractivity contribution in [3.8, 4) is 33.6 Å². The lowest BCUT2D eigenvalue weighted by Gasteiger charge is -2.27. The normalized spacial score (nSPS) is 13.4. The van der Waals surface area contributed by atoms with E-state index in [0.717, 1.165) is 5.69 Å². The van der Waals surface area contributed by atoms with Gasteiger partial charge in [-0.25, -0.2) is 0 Å². The molecule has 69 heavy (non-hydrogen) atoms.